The van der Waals surface area contributed by atoms with E-state index in [1.54, 1.807) is 30.3 Å². The summed E-state index contributed by atoms with van der Waals surface area (Å²) in [7, 11) is 2.94. The van der Waals surface area contributed by atoms with Crippen molar-refractivity contribution in [2.45, 2.75) is 12.8 Å². The van der Waals surface area contributed by atoms with Crippen LogP contribution < -0.4 is 19.5 Å². The molecular weight excluding hydrogens is 412 g/mol. The molecule has 1 N–H and O–H groups in total. The van der Waals surface area contributed by atoms with Gasteiger partial charge in [-0.25, -0.2) is 0 Å². The molecule has 2 amide bonds. The average molecular weight is 436 g/mol. The number of ether oxygens (including phenoxy) is 3. The van der Waals surface area contributed by atoms with Gasteiger partial charge in [0.25, 0.3) is 11.8 Å². The first kappa shape index (κ1) is 24.0. The molecule has 9 heteroatoms. The van der Waals surface area contributed by atoms with Crippen LogP contribution in [0.4, 0.5) is 5.69 Å². The highest BCUT2D eigenvalue weighted by atomic mass is 16.5. The Morgan fingerprint density at radius 2 is 1.59 bits per heavy atom. The largest absolute Gasteiger partial charge is 0.495 e. The Bertz CT molecular complexity index is 1010. The molecule has 0 bridgehead atoms. The molecule has 0 aliphatic rings. The van der Waals surface area contributed by atoms with Crippen LogP contribution in [0.3, 0.4) is 0 Å². The predicted molar refractivity (Wildman–Crippen MR) is 116 cm³/mol. The van der Waals surface area contributed by atoms with Crippen LogP contribution in [0.5, 0.6) is 17.2 Å². The quantitative estimate of drug-likeness (QED) is 0.574. The van der Waals surface area contributed by atoms with Crippen molar-refractivity contribution in [3.63, 3.8) is 0 Å². The van der Waals surface area contributed by atoms with E-state index < -0.39 is 5.91 Å². The topological polar surface area (TPSA) is 125 Å². The molecule has 0 saturated heterocycles. The van der Waals surface area contributed by atoms with Gasteiger partial charge in [-0.2, -0.15) is 10.5 Å². The van der Waals surface area contributed by atoms with E-state index in [0.29, 0.717) is 22.7 Å². The number of rotatable bonds is 11. The van der Waals surface area contributed by atoms with E-state index in [1.165, 1.54) is 31.3 Å². The number of nitrogens with one attached hydrogen (secondary N) is 1. The molecule has 166 valence electrons. The predicted octanol–water partition coefficient (Wildman–Crippen LogP) is 2.99. The first-order valence-electron chi connectivity index (χ1n) is 9.81. The number of hydrogen-bond acceptors (Lipinski definition) is 7. The highest BCUT2D eigenvalue weighted by molar-refractivity contribution is 5.95. The van der Waals surface area contributed by atoms with Gasteiger partial charge < -0.3 is 24.4 Å². The second-order valence-corrected chi connectivity index (χ2v) is 6.51. The zero-order valence-electron chi connectivity index (χ0n) is 18.0. The Labute approximate surface area is 186 Å². The number of benzene rings is 2. The third-order valence-corrected chi connectivity index (χ3v) is 4.42. The lowest BCUT2D eigenvalue weighted by Crippen LogP contribution is -2.32. The first-order valence-corrected chi connectivity index (χ1v) is 9.81. The van der Waals surface area contributed by atoms with Crippen molar-refractivity contribution in [3.05, 3.63) is 48.0 Å². The fraction of sp³-hybridized carbons (Fsp3) is 0.304. The Morgan fingerprint density at radius 1 is 0.938 bits per heavy atom. The van der Waals surface area contributed by atoms with E-state index in [-0.39, 0.29) is 44.2 Å². The van der Waals surface area contributed by atoms with E-state index >= 15 is 0 Å². The van der Waals surface area contributed by atoms with Gasteiger partial charge in [-0.15, -0.1) is 0 Å². The van der Waals surface area contributed by atoms with Crippen LogP contribution in [0, 0.1) is 22.7 Å². The van der Waals surface area contributed by atoms with Crippen molar-refractivity contribution in [1.29, 1.82) is 10.5 Å². The van der Waals surface area contributed by atoms with Crippen LogP contribution >= 0.6 is 0 Å². The maximum absolute atomic E-state index is 12.8. The maximum atomic E-state index is 12.8. The second kappa shape index (κ2) is 12.5. The normalized spacial score (nSPS) is 9.75. The number of amides is 2. The highest BCUT2D eigenvalue weighted by Crippen LogP contribution is 2.29. The zero-order chi connectivity index (χ0) is 23.3. The molecule has 0 fully saturated rings. The lowest BCUT2D eigenvalue weighted by molar-refractivity contribution is -0.118. The van der Waals surface area contributed by atoms with Crippen molar-refractivity contribution in [2.75, 3.05) is 39.2 Å². The number of anilines is 1. The van der Waals surface area contributed by atoms with Gasteiger partial charge in [0.15, 0.2) is 18.1 Å². The van der Waals surface area contributed by atoms with E-state index in [4.69, 9.17) is 24.7 Å². The highest BCUT2D eigenvalue weighted by Gasteiger charge is 2.18. The fourth-order valence-corrected chi connectivity index (χ4v) is 2.86. The summed E-state index contributed by atoms with van der Waals surface area (Å²) in [5.41, 5.74) is 0.842. The lowest BCUT2D eigenvalue weighted by Gasteiger charge is -2.21. The molecule has 0 aromatic heterocycles. The molecule has 0 saturated carbocycles. The molecule has 0 atom stereocenters. The van der Waals surface area contributed by atoms with Crippen LogP contribution in [-0.2, 0) is 4.79 Å². The van der Waals surface area contributed by atoms with Crippen LogP contribution in [-0.4, -0.2) is 50.6 Å². The van der Waals surface area contributed by atoms with Gasteiger partial charge in [-0.05, 0) is 30.3 Å². The zero-order valence-corrected chi connectivity index (χ0v) is 18.0. The Morgan fingerprint density at radius 3 is 2.22 bits per heavy atom. The van der Waals surface area contributed by atoms with Gasteiger partial charge >= 0.3 is 0 Å². The summed E-state index contributed by atoms with van der Waals surface area (Å²) in [4.78, 5) is 26.5. The van der Waals surface area contributed by atoms with Crippen LogP contribution in [0.2, 0.25) is 0 Å². The van der Waals surface area contributed by atoms with E-state index in [2.05, 4.69) is 5.32 Å². The Hall–Kier alpha value is -4.24. The van der Waals surface area contributed by atoms with E-state index in [1.807, 2.05) is 12.1 Å². The van der Waals surface area contributed by atoms with Gasteiger partial charge in [0.05, 0.1) is 44.9 Å². The Balaban J connectivity index is 2.07. The van der Waals surface area contributed by atoms with Gasteiger partial charge in [0.2, 0.25) is 0 Å². The molecule has 0 spiro atoms. The third kappa shape index (κ3) is 6.64. The van der Waals surface area contributed by atoms with Gasteiger partial charge in [0, 0.05) is 18.7 Å². The van der Waals surface area contributed by atoms with Crippen molar-refractivity contribution >= 4 is 17.5 Å². The minimum Gasteiger partial charge on any atom is -0.495 e. The smallest absolute Gasteiger partial charge is 0.262 e. The number of methoxy groups -OCH3 is 2. The van der Waals surface area contributed by atoms with Crippen molar-refractivity contribution < 1.29 is 23.8 Å². The number of carbonyl (C=O) groups excluding carboxylic acids is 2. The average Bonchev–Trinajstić information content (AvgIpc) is 2.82. The summed E-state index contributed by atoms with van der Waals surface area (Å²) < 4.78 is 16.1. The van der Waals surface area contributed by atoms with Crippen LogP contribution in [0.1, 0.15) is 23.2 Å². The number of hydrogen-bond donors (Lipinski definition) is 1. The van der Waals surface area contributed by atoms with Crippen LogP contribution in [0.25, 0.3) is 0 Å². The summed E-state index contributed by atoms with van der Waals surface area (Å²) in [5.74, 6) is 0.380. The summed E-state index contributed by atoms with van der Waals surface area (Å²) in [6, 6.07) is 15.6. The molecule has 0 heterocycles. The molecular formula is C23H24N4O5. The molecule has 9 nitrogen and oxygen atoms in total. The standard InChI is InChI=1S/C23H24N4O5/c1-30-19-8-4-3-7-18(19)26-22(28)16-32-20-10-9-17(15-21(20)31-2)23(29)27(13-5-11-24)14-6-12-25/h3-4,7-10,15H,5-6,13-14,16H2,1-2H3,(H,26,28). The fourth-order valence-electron chi connectivity index (χ4n) is 2.86. The molecule has 2 aromatic carbocycles. The molecule has 0 aliphatic heterocycles. The minimum absolute atomic E-state index is 0.164. The number of carbonyl (C=O) groups is 2. The molecule has 32 heavy (non-hydrogen) atoms. The molecule has 0 aliphatic carbocycles. The number of nitriles is 2. The first-order chi connectivity index (χ1) is 15.5. The van der Waals surface area contributed by atoms with Gasteiger partial charge in [-0.1, -0.05) is 12.1 Å². The number of nitrogens with zero attached hydrogens (tertiary/aromatic N) is 3. The van der Waals surface area contributed by atoms with Crippen molar-refractivity contribution in [3.8, 4) is 29.4 Å². The SMILES string of the molecule is COc1ccccc1NC(=O)COc1ccc(C(=O)N(CCC#N)CCC#N)cc1OC. The molecule has 2 rings (SSSR count). The lowest BCUT2D eigenvalue weighted by atomic mass is 10.1. The van der Waals surface area contributed by atoms with Crippen LogP contribution in [0.15, 0.2) is 42.5 Å². The monoisotopic (exact) mass is 436 g/mol. The van der Waals surface area contributed by atoms with Gasteiger partial charge in [0.1, 0.15) is 5.75 Å². The summed E-state index contributed by atoms with van der Waals surface area (Å²) in [6.07, 6.45) is 0.327. The second-order valence-electron chi connectivity index (χ2n) is 6.51. The number of para-hydroxylation sites is 2. The third-order valence-electron chi connectivity index (χ3n) is 4.42. The molecule has 0 unspecified atom stereocenters. The molecule has 2 aromatic rings. The van der Waals surface area contributed by atoms with E-state index in [0.717, 1.165) is 0 Å². The van der Waals surface area contributed by atoms with Crippen molar-refractivity contribution in [1.82, 2.24) is 4.90 Å². The summed E-state index contributed by atoms with van der Waals surface area (Å²) in [6.45, 7) is 0.166. The molecule has 0 radical (unpaired) electrons. The Kier molecular flexibility index (Phi) is 9.35. The van der Waals surface area contributed by atoms with Crippen molar-refractivity contribution in [2.24, 2.45) is 0 Å². The summed E-state index contributed by atoms with van der Waals surface area (Å²) >= 11 is 0. The minimum atomic E-state index is -0.393. The summed E-state index contributed by atoms with van der Waals surface area (Å²) in [5, 5.41) is 20.3. The van der Waals surface area contributed by atoms with E-state index in [9.17, 15) is 9.59 Å². The van der Waals surface area contributed by atoms with Gasteiger partial charge in [-0.3, -0.25) is 9.59 Å². The maximum Gasteiger partial charge on any atom is 0.262 e.